The van der Waals surface area contributed by atoms with E-state index >= 15 is 0 Å². The Bertz CT molecular complexity index is 310. The molecule has 0 aromatic carbocycles. The summed E-state index contributed by atoms with van der Waals surface area (Å²) in [6.07, 6.45) is 1.02. The number of nitrogens with zero attached hydrogens (tertiary/aromatic N) is 1. The van der Waals surface area contributed by atoms with Crippen molar-refractivity contribution < 1.29 is 4.74 Å². The smallest absolute Gasteiger partial charge is 0.112 e. The number of aromatic nitrogens is 1. The molecule has 2 heterocycles. The third-order valence-electron chi connectivity index (χ3n) is 2.46. The summed E-state index contributed by atoms with van der Waals surface area (Å²) in [7, 11) is 0. The minimum Gasteiger partial charge on any atom is -0.378 e. The Morgan fingerprint density at radius 2 is 2.40 bits per heavy atom. The molecule has 0 bridgehead atoms. The summed E-state index contributed by atoms with van der Waals surface area (Å²) < 4.78 is 5.42. The molecule has 3 nitrogen and oxygen atoms in total. The van der Waals surface area contributed by atoms with E-state index < -0.39 is 0 Å². The Labute approximate surface area is 101 Å². The molecular weight excluding hydrogens is 232 g/mol. The van der Waals surface area contributed by atoms with Crippen LogP contribution in [0.15, 0.2) is 0 Å². The Balaban J connectivity index is 0.00000112. The van der Waals surface area contributed by atoms with Gasteiger partial charge in [0.15, 0.2) is 0 Å². The van der Waals surface area contributed by atoms with Crippen molar-refractivity contribution in [3.8, 4) is 0 Å². The van der Waals surface area contributed by atoms with E-state index in [2.05, 4.69) is 24.1 Å². The predicted octanol–water partition coefficient (Wildman–Crippen LogP) is 2.10. The lowest BCUT2D eigenvalue weighted by Crippen LogP contribution is -2.34. The molecular formula is C10H17ClN2OS. The van der Waals surface area contributed by atoms with E-state index in [0.29, 0.717) is 6.04 Å². The number of hydrogen-bond acceptors (Lipinski definition) is 4. The Hall–Kier alpha value is -0.160. The molecule has 0 saturated carbocycles. The van der Waals surface area contributed by atoms with E-state index in [1.54, 1.807) is 11.3 Å². The first kappa shape index (κ1) is 12.9. The van der Waals surface area contributed by atoms with Crippen LogP contribution >= 0.6 is 23.7 Å². The highest BCUT2D eigenvalue weighted by Crippen LogP contribution is 2.24. The summed E-state index contributed by atoms with van der Waals surface area (Å²) in [5.41, 5.74) is 1.23. The standard InChI is InChI=1S/C10H16N2OS.ClH/c1-3-8-7(2)14-10(12-8)9-6-13-5-4-11-9;/h9,11H,3-6H2,1-2H3;1H. The zero-order valence-corrected chi connectivity index (χ0v) is 10.7. The van der Waals surface area contributed by atoms with Crippen molar-refractivity contribution in [2.45, 2.75) is 26.3 Å². The van der Waals surface area contributed by atoms with Gasteiger partial charge in [0, 0.05) is 11.4 Å². The van der Waals surface area contributed by atoms with Crippen LogP contribution in [0.5, 0.6) is 0 Å². The van der Waals surface area contributed by atoms with Crippen LogP contribution in [0.25, 0.3) is 0 Å². The Kier molecular flexibility index (Phi) is 4.99. The highest BCUT2D eigenvalue weighted by Gasteiger charge is 2.19. The largest absolute Gasteiger partial charge is 0.378 e. The van der Waals surface area contributed by atoms with Gasteiger partial charge in [0.1, 0.15) is 5.01 Å². The normalized spacial score (nSPS) is 21.1. The van der Waals surface area contributed by atoms with Gasteiger partial charge in [-0.2, -0.15) is 0 Å². The van der Waals surface area contributed by atoms with E-state index in [-0.39, 0.29) is 12.4 Å². The molecule has 0 amide bonds. The lowest BCUT2D eigenvalue weighted by molar-refractivity contribution is 0.0767. The first-order valence-corrected chi connectivity index (χ1v) is 5.90. The fourth-order valence-electron chi connectivity index (χ4n) is 1.65. The Morgan fingerprint density at radius 1 is 1.60 bits per heavy atom. The molecule has 1 aliphatic rings. The molecule has 1 fully saturated rings. The maximum atomic E-state index is 5.42. The molecule has 2 rings (SSSR count). The third kappa shape index (κ3) is 2.91. The van der Waals surface area contributed by atoms with Gasteiger partial charge in [-0.1, -0.05) is 6.92 Å². The van der Waals surface area contributed by atoms with Crippen LogP contribution in [-0.4, -0.2) is 24.7 Å². The highest BCUT2D eigenvalue weighted by molar-refractivity contribution is 7.11. The molecule has 15 heavy (non-hydrogen) atoms. The molecule has 1 unspecified atom stereocenters. The van der Waals surface area contributed by atoms with Crippen molar-refractivity contribution in [2.75, 3.05) is 19.8 Å². The molecule has 5 heteroatoms. The van der Waals surface area contributed by atoms with Crippen LogP contribution in [0.3, 0.4) is 0 Å². The molecule has 0 aliphatic carbocycles. The number of aryl methyl sites for hydroxylation is 2. The molecule has 1 saturated heterocycles. The minimum atomic E-state index is 0. The van der Waals surface area contributed by atoms with Crippen LogP contribution in [0.4, 0.5) is 0 Å². The maximum absolute atomic E-state index is 5.42. The minimum absolute atomic E-state index is 0. The molecule has 1 N–H and O–H groups in total. The van der Waals surface area contributed by atoms with Crippen molar-refractivity contribution in [1.82, 2.24) is 10.3 Å². The van der Waals surface area contributed by atoms with Crippen molar-refractivity contribution in [1.29, 1.82) is 0 Å². The number of morpholine rings is 1. The van der Waals surface area contributed by atoms with Gasteiger partial charge < -0.3 is 10.1 Å². The van der Waals surface area contributed by atoms with Gasteiger partial charge in [0.25, 0.3) is 0 Å². The van der Waals surface area contributed by atoms with Crippen LogP contribution in [0, 0.1) is 6.92 Å². The van der Waals surface area contributed by atoms with E-state index in [9.17, 15) is 0 Å². The average molecular weight is 249 g/mol. The molecule has 86 valence electrons. The van der Waals surface area contributed by atoms with Crippen molar-refractivity contribution in [3.63, 3.8) is 0 Å². The molecule has 1 aromatic rings. The van der Waals surface area contributed by atoms with E-state index in [4.69, 9.17) is 4.74 Å². The number of rotatable bonds is 2. The van der Waals surface area contributed by atoms with Crippen molar-refractivity contribution in [3.05, 3.63) is 15.6 Å². The van der Waals surface area contributed by atoms with Gasteiger partial charge in [-0.25, -0.2) is 4.98 Å². The van der Waals surface area contributed by atoms with Crippen LogP contribution in [0.1, 0.15) is 28.5 Å². The van der Waals surface area contributed by atoms with Crippen molar-refractivity contribution in [2.24, 2.45) is 0 Å². The maximum Gasteiger partial charge on any atom is 0.112 e. The van der Waals surface area contributed by atoms with Gasteiger partial charge in [0.2, 0.25) is 0 Å². The van der Waals surface area contributed by atoms with Crippen LogP contribution in [-0.2, 0) is 11.2 Å². The average Bonchev–Trinajstić information content (AvgIpc) is 2.61. The highest BCUT2D eigenvalue weighted by atomic mass is 35.5. The second-order valence-corrected chi connectivity index (χ2v) is 4.72. The third-order valence-corrected chi connectivity index (χ3v) is 3.59. The fraction of sp³-hybridized carbons (Fsp3) is 0.700. The van der Waals surface area contributed by atoms with Gasteiger partial charge in [-0.15, -0.1) is 23.7 Å². The molecule has 1 aliphatic heterocycles. The number of nitrogens with one attached hydrogen (secondary N) is 1. The lowest BCUT2D eigenvalue weighted by Gasteiger charge is -2.21. The topological polar surface area (TPSA) is 34.1 Å². The van der Waals surface area contributed by atoms with Crippen LogP contribution < -0.4 is 5.32 Å². The van der Waals surface area contributed by atoms with Crippen molar-refractivity contribution >= 4 is 23.7 Å². The monoisotopic (exact) mass is 248 g/mol. The summed E-state index contributed by atoms with van der Waals surface area (Å²) in [6, 6.07) is 0.313. The molecule has 1 aromatic heterocycles. The number of halogens is 1. The summed E-state index contributed by atoms with van der Waals surface area (Å²) in [4.78, 5) is 5.97. The molecule has 0 spiro atoms. The predicted molar refractivity (Wildman–Crippen MR) is 65.0 cm³/mol. The fourth-order valence-corrected chi connectivity index (χ4v) is 2.72. The summed E-state index contributed by atoms with van der Waals surface area (Å²) in [6.45, 7) is 6.81. The van der Waals surface area contributed by atoms with Gasteiger partial charge >= 0.3 is 0 Å². The summed E-state index contributed by atoms with van der Waals surface area (Å²) >= 11 is 1.79. The second-order valence-electron chi connectivity index (χ2n) is 3.49. The first-order valence-electron chi connectivity index (χ1n) is 5.08. The summed E-state index contributed by atoms with van der Waals surface area (Å²) in [5.74, 6) is 0. The van der Waals surface area contributed by atoms with E-state index in [0.717, 1.165) is 26.2 Å². The first-order chi connectivity index (χ1) is 6.81. The number of thiazole rings is 1. The quantitative estimate of drug-likeness (QED) is 0.871. The summed E-state index contributed by atoms with van der Waals surface area (Å²) in [5, 5.41) is 4.60. The van der Waals surface area contributed by atoms with Gasteiger partial charge in [-0.05, 0) is 13.3 Å². The lowest BCUT2D eigenvalue weighted by atomic mass is 10.3. The second kappa shape index (κ2) is 5.80. The van der Waals surface area contributed by atoms with Gasteiger partial charge in [-0.3, -0.25) is 0 Å². The number of hydrogen-bond donors (Lipinski definition) is 1. The molecule has 1 atom stereocenters. The zero-order valence-electron chi connectivity index (χ0n) is 9.08. The Morgan fingerprint density at radius 3 is 2.93 bits per heavy atom. The van der Waals surface area contributed by atoms with E-state index in [1.807, 2.05) is 0 Å². The van der Waals surface area contributed by atoms with E-state index in [1.165, 1.54) is 15.6 Å². The number of ether oxygens (including phenoxy) is 1. The zero-order chi connectivity index (χ0) is 9.97. The van der Waals surface area contributed by atoms with Crippen LogP contribution in [0.2, 0.25) is 0 Å². The molecule has 0 radical (unpaired) electrons. The SMILES string of the molecule is CCc1nc(C2COCCN2)sc1C.Cl. The van der Waals surface area contributed by atoms with Gasteiger partial charge in [0.05, 0.1) is 24.9 Å².